The standard InChI is InChI=1S/C21H21F2N3O2S/c1-3-26-18(13-15-7-5-4-6-8-15)24-25-21(26)29-14(2)19(27)16-9-11-17(12-10-16)28-20(22)23/h4-12,14,20H,3,13H2,1-2H3. The second kappa shape index (κ2) is 9.65. The van der Waals surface area contributed by atoms with Crippen molar-refractivity contribution in [2.24, 2.45) is 0 Å². The number of carbonyl (C=O) groups is 1. The highest BCUT2D eigenvalue weighted by molar-refractivity contribution is 8.00. The fraction of sp³-hybridized carbons (Fsp3) is 0.286. The first-order valence-electron chi connectivity index (χ1n) is 9.19. The van der Waals surface area contributed by atoms with E-state index in [1.165, 1.54) is 36.0 Å². The number of ether oxygens (including phenoxy) is 1. The summed E-state index contributed by atoms with van der Waals surface area (Å²) in [5.41, 5.74) is 1.57. The number of thioether (sulfide) groups is 1. The van der Waals surface area contributed by atoms with E-state index in [9.17, 15) is 13.6 Å². The fourth-order valence-electron chi connectivity index (χ4n) is 2.88. The molecule has 8 heteroatoms. The summed E-state index contributed by atoms with van der Waals surface area (Å²) in [6.45, 7) is 1.60. The van der Waals surface area contributed by atoms with Gasteiger partial charge in [-0.2, -0.15) is 8.78 Å². The number of hydrogen-bond acceptors (Lipinski definition) is 5. The van der Waals surface area contributed by atoms with Crippen molar-refractivity contribution in [3.63, 3.8) is 0 Å². The van der Waals surface area contributed by atoms with Gasteiger partial charge in [-0.15, -0.1) is 10.2 Å². The van der Waals surface area contributed by atoms with Gasteiger partial charge in [0.15, 0.2) is 10.9 Å². The molecule has 3 aromatic rings. The van der Waals surface area contributed by atoms with Crippen LogP contribution in [-0.4, -0.2) is 32.4 Å². The molecule has 0 saturated heterocycles. The van der Waals surface area contributed by atoms with Crippen molar-refractivity contribution in [3.8, 4) is 5.75 Å². The van der Waals surface area contributed by atoms with E-state index in [0.717, 1.165) is 11.4 Å². The Morgan fingerprint density at radius 3 is 2.41 bits per heavy atom. The maximum Gasteiger partial charge on any atom is 0.387 e. The highest BCUT2D eigenvalue weighted by Crippen LogP contribution is 2.26. The van der Waals surface area contributed by atoms with Crippen LogP contribution in [-0.2, 0) is 13.0 Å². The van der Waals surface area contributed by atoms with Crippen LogP contribution in [0.4, 0.5) is 8.78 Å². The number of aromatic nitrogens is 3. The van der Waals surface area contributed by atoms with E-state index in [4.69, 9.17) is 0 Å². The first-order chi connectivity index (χ1) is 14.0. The van der Waals surface area contributed by atoms with Gasteiger partial charge in [-0.25, -0.2) is 0 Å². The van der Waals surface area contributed by atoms with Gasteiger partial charge >= 0.3 is 6.61 Å². The molecule has 152 valence electrons. The second-order valence-corrected chi connectivity index (χ2v) is 7.64. The maximum atomic E-state index is 12.7. The molecular weight excluding hydrogens is 396 g/mol. The molecule has 0 amide bonds. The van der Waals surface area contributed by atoms with Gasteiger partial charge in [-0.3, -0.25) is 4.79 Å². The molecule has 1 aromatic heterocycles. The van der Waals surface area contributed by atoms with Crippen LogP contribution in [0.2, 0.25) is 0 Å². The van der Waals surface area contributed by atoms with Crippen molar-refractivity contribution in [1.29, 1.82) is 0 Å². The lowest BCUT2D eigenvalue weighted by Crippen LogP contribution is -2.15. The van der Waals surface area contributed by atoms with Crippen molar-refractivity contribution in [2.75, 3.05) is 0 Å². The lowest BCUT2D eigenvalue weighted by atomic mass is 10.1. The summed E-state index contributed by atoms with van der Waals surface area (Å²) in [7, 11) is 0. The van der Waals surface area contributed by atoms with Gasteiger partial charge in [0.2, 0.25) is 0 Å². The molecule has 3 rings (SSSR count). The molecular formula is C21H21F2N3O2S. The zero-order valence-electron chi connectivity index (χ0n) is 16.1. The first kappa shape index (κ1) is 21.0. The van der Waals surface area contributed by atoms with Crippen molar-refractivity contribution >= 4 is 17.5 Å². The molecule has 1 unspecified atom stereocenters. The number of rotatable bonds is 9. The number of halogens is 2. The number of carbonyl (C=O) groups excluding carboxylic acids is 1. The monoisotopic (exact) mass is 417 g/mol. The van der Waals surface area contributed by atoms with Crippen molar-refractivity contribution in [3.05, 3.63) is 71.5 Å². The Balaban J connectivity index is 1.69. The van der Waals surface area contributed by atoms with Crippen LogP contribution in [0, 0.1) is 0 Å². The molecule has 1 atom stereocenters. The van der Waals surface area contributed by atoms with E-state index in [-0.39, 0.29) is 11.5 Å². The molecule has 2 aromatic carbocycles. The van der Waals surface area contributed by atoms with E-state index < -0.39 is 11.9 Å². The molecule has 0 aliphatic carbocycles. The van der Waals surface area contributed by atoms with E-state index in [0.29, 0.717) is 23.7 Å². The van der Waals surface area contributed by atoms with E-state index >= 15 is 0 Å². The van der Waals surface area contributed by atoms with Crippen molar-refractivity contribution in [2.45, 2.75) is 43.8 Å². The topological polar surface area (TPSA) is 57.0 Å². The summed E-state index contributed by atoms with van der Waals surface area (Å²) in [6.07, 6.45) is 0.663. The Morgan fingerprint density at radius 2 is 1.79 bits per heavy atom. The Kier molecular flexibility index (Phi) is 6.98. The van der Waals surface area contributed by atoms with Gasteiger partial charge in [0.1, 0.15) is 11.6 Å². The molecule has 0 radical (unpaired) electrons. The third-order valence-corrected chi connectivity index (χ3v) is 5.41. The van der Waals surface area contributed by atoms with E-state index in [2.05, 4.69) is 14.9 Å². The number of Topliss-reactive ketones (excluding diaryl/α,β-unsaturated/α-hetero) is 1. The summed E-state index contributed by atoms with van der Waals surface area (Å²) in [5.74, 6) is 0.747. The molecule has 29 heavy (non-hydrogen) atoms. The lowest BCUT2D eigenvalue weighted by molar-refractivity contribution is -0.0498. The third-order valence-electron chi connectivity index (χ3n) is 4.33. The number of alkyl halides is 2. The van der Waals surface area contributed by atoms with Crippen LogP contribution in [0.5, 0.6) is 5.75 Å². The minimum atomic E-state index is -2.89. The third kappa shape index (κ3) is 5.41. The lowest BCUT2D eigenvalue weighted by Gasteiger charge is -2.12. The summed E-state index contributed by atoms with van der Waals surface area (Å²) in [6, 6.07) is 15.7. The Bertz CT molecular complexity index is 946. The van der Waals surface area contributed by atoms with Gasteiger partial charge in [0, 0.05) is 18.5 Å². The largest absolute Gasteiger partial charge is 0.435 e. The number of nitrogens with zero attached hydrogens (tertiary/aromatic N) is 3. The van der Waals surface area contributed by atoms with Crippen molar-refractivity contribution in [1.82, 2.24) is 14.8 Å². The van der Waals surface area contributed by atoms with Gasteiger partial charge in [0.25, 0.3) is 0 Å². The molecule has 5 nitrogen and oxygen atoms in total. The first-order valence-corrected chi connectivity index (χ1v) is 10.1. The predicted octanol–water partition coefficient (Wildman–Crippen LogP) is 4.85. The minimum Gasteiger partial charge on any atom is -0.435 e. The van der Waals surface area contributed by atoms with Crippen LogP contribution < -0.4 is 4.74 Å². The minimum absolute atomic E-state index is 0.0214. The number of benzene rings is 2. The zero-order chi connectivity index (χ0) is 20.8. The molecule has 0 N–H and O–H groups in total. The van der Waals surface area contributed by atoms with Crippen LogP contribution in [0.3, 0.4) is 0 Å². The summed E-state index contributed by atoms with van der Waals surface area (Å²) in [5, 5.41) is 8.84. The zero-order valence-corrected chi connectivity index (χ0v) is 16.9. The van der Waals surface area contributed by atoms with Crippen LogP contribution in [0.15, 0.2) is 59.8 Å². The van der Waals surface area contributed by atoms with Gasteiger partial charge in [0.05, 0.1) is 5.25 Å². The summed E-state index contributed by atoms with van der Waals surface area (Å²) in [4.78, 5) is 12.7. The van der Waals surface area contributed by atoms with Gasteiger partial charge in [-0.05, 0) is 43.7 Å². The summed E-state index contributed by atoms with van der Waals surface area (Å²) >= 11 is 1.33. The Hall–Kier alpha value is -2.74. The van der Waals surface area contributed by atoms with Gasteiger partial charge < -0.3 is 9.30 Å². The Labute approximate surface area is 172 Å². The molecule has 0 fully saturated rings. The molecule has 0 aliphatic rings. The normalized spacial score (nSPS) is 12.2. The quantitative estimate of drug-likeness (QED) is 0.368. The molecule has 0 spiro atoms. The van der Waals surface area contributed by atoms with E-state index in [1.54, 1.807) is 6.92 Å². The average Bonchev–Trinajstić information content (AvgIpc) is 3.09. The SMILES string of the molecule is CCn1c(Cc2ccccc2)nnc1SC(C)C(=O)c1ccc(OC(F)F)cc1. The maximum absolute atomic E-state index is 12.7. The average molecular weight is 417 g/mol. The molecule has 1 heterocycles. The number of hydrogen-bond donors (Lipinski definition) is 0. The highest BCUT2D eigenvalue weighted by Gasteiger charge is 2.21. The van der Waals surface area contributed by atoms with Crippen molar-refractivity contribution < 1.29 is 18.3 Å². The number of ketones is 1. The second-order valence-electron chi connectivity index (χ2n) is 6.33. The Morgan fingerprint density at radius 1 is 1.10 bits per heavy atom. The smallest absolute Gasteiger partial charge is 0.387 e. The molecule has 0 bridgehead atoms. The molecule has 0 aliphatic heterocycles. The van der Waals surface area contributed by atoms with Crippen LogP contribution >= 0.6 is 11.8 Å². The summed E-state index contributed by atoms with van der Waals surface area (Å²) < 4.78 is 30.8. The van der Waals surface area contributed by atoms with E-state index in [1.807, 2.05) is 41.8 Å². The van der Waals surface area contributed by atoms with Crippen LogP contribution in [0.25, 0.3) is 0 Å². The molecule has 0 saturated carbocycles. The fourth-order valence-corrected chi connectivity index (χ4v) is 3.89. The predicted molar refractivity (Wildman–Crippen MR) is 108 cm³/mol. The highest BCUT2D eigenvalue weighted by atomic mass is 32.2. The van der Waals surface area contributed by atoms with Crippen LogP contribution in [0.1, 0.15) is 35.6 Å². The van der Waals surface area contributed by atoms with Gasteiger partial charge in [-0.1, -0.05) is 42.1 Å².